The van der Waals surface area contributed by atoms with Crippen LogP contribution in [-0.4, -0.2) is 30.8 Å². The van der Waals surface area contributed by atoms with E-state index >= 15 is 0 Å². The molecule has 0 spiro atoms. The highest BCUT2D eigenvalue weighted by Gasteiger charge is 2.45. The van der Waals surface area contributed by atoms with Crippen molar-refractivity contribution in [1.29, 1.82) is 0 Å². The van der Waals surface area contributed by atoms with Crippen molar-refractivity contribution in [3.8, 4) is 5.69 Å². The van der Waals surface area contributed by atoms with Gasteiger partial charge in [0.25, 0.3) is 5.91 Å². The van der Waals surface area contributed by atoms with Crippen LogP contribution in [0.15, 0.2) is 28.8 Å². The van der Waals surface area contributed by atoms with Gasteiger partial charge in [-0.3, -0.25) is 4.79 Å². The molecule has 1 fully saturated rings. The number of amides is 1. The molecule has 9 heteroatoms. The van der Waals surface area contributed by atoms with Gasteiger partial charge in [-0.2, -0.15) is 4.98 Å². The molecule has 1 amide bonds. The zero-order chi connectivity index (χ0) is 19.9. The van der Waals surface area contributed by atoms with Crippen molar-refractivity contribution in [2.45, 2.75) is 51.5 Å². The zero-order valence-corrected chi connectivity index (χ0v) is 15.9. The number of rotatable bonds is 5. The van der Waals surface area contributed by atoms with E-state index in [9.17, 15) is 9.18 Å². The number of aryl methyl sites for hydroxylation is 1. The summed E-state index contributed by atoms with van der Waals surface area (Å²) >= 11 is 0. The number of nitrogens with one attached hydrogen (secondary N) is 1. The molecule has 28 heavy (non-hydrogen) atoms. The van der Waals surface area contributed by atoms with E-state index in [0.29, 0.717) is 23.2 Å². The quantitative estimate of drug-likeness (QED) is 0.726. The Morgan fingerprint density at radius 2 is 2.11 bits per heavy atom. The predicted octanol–water partition coefficient (Wildman–Crippen LogP) is 3.03. The summed E-state index contributed by atoms with van der Waals surface area (Å²) in [5.74, 6) is 0.723. The molecule has 0 unspecified atom stereocenters. The van der Waals surface area contributed by atoms with E-state index in [0.717, 1.165) is 19.3 Å². The number of hydrogen-bond acceptors (Lipinski definition) is 6. The molecular weight excluding hydrogens is 363 g/mol. The Bertz CT molecular complexity index is 1020. The Balaban J connectivity index is 1.65. The average molecular weight is 384 g/mol. The Kier molecular flexibility index (Phi) is 4.44. The topological polar surface area (TPSA) is 98.7 Å². The Hall–Kier alpha value is -3.10. The number of hydrogen-bond donors (Lipinski definition) is 1. The molecule has 1 saturated carbocycles. The minimum absolute atomic E-state index is 0.00478. The van der Waals surface area contributed by atoms with Crippen molar-refractivity contribution in [2.75, 3.05) is 0 Å². The van der Waals surface area contributed by atoms with Crippen LogP contribution in [0.5, 0.6) is 0 Å². The molecule has 0 atom stereocenters. The number of carbonyl (C=O) groups excluding carboxylic acids is 1. The molecule has 2 aromatic heterocycles. The molecule has 0 radical (unpaired) electrons. The van der Waals surface area contributed by atoms with Crippen LogP contribution in [0.25, 0.3) is 5.69 Å². The van der Waals surface area contributed by atoms with E-state index in [-0.39, 0.29) is 17.6 Å². The van der Waals surface area contributed by atoms with Gasteiger partial charge in [0.15, 0.2) is 5.82 Å². The summed E-state index contributed by atoms with van der Waals surface area (Å²) in [5.41, 5.74) is -0.139. The van der Waals surface area contributed by atoms with Gasteiger partial charge in [-0.15, -0.1) is 5.10 Å². The Morgan fingerprint density at radius 1 is 1.32 bits per heavy atom. The predicted molar refractivity (Wildman–Crippen MR) is 97.4 cm³/mol. The average Bonchev–Trinajstić information content (AvgIpc) is 3.25. The summed E-state index contributed by atoms with van der Waals surface area (Å²) in [6.45, 7) is 5.59. The summed E-state index contributed by atoms with van der Waals surface area (Å²) in [7, 11) is 0. The number of halogens is 1. The van der Waals surface area contributed by atoms with Crippen molar-refractivity contribution in [3.05, 3.63) is 53.4 Å². The molecule has 0 saturated heterocycles. The van der Waals surface area contributed by atoms with E-state index < -0.39 is 11.4 Å². The Morgan fingerprint density at radius 3 is 2.68 bits per heavy atom. The fourth-order valence-corrected chi connectivity index (χ4v) is 3.29. The molecule has 0 bridgehead atoms. The van der Waals surface area contributed by atoms with E-state index in [2.05, 4.69) is 25.5 Å². The molecule has 3 aromatic rings. The summed E-state index contributed by atoms with van der Waals surface area (Å²) in [6.07, 6.45) is 2.40. The summed E-state index contributed by atoms with van der Waals surface area (Å²) in [4.78, 5) is 21.6. The first-order valence-corrected chi connectivity index (χ1v) is 9.24. The largest absolute Gasteiger partial charge is 0.340 e. The molecule has 1 N–H and O–H groups in total. The maximum absolute atomic E-state index is 13.7. The highest BCUT2D eigenvalue weighted by atomic mass is 19.1. The van der Waals surface area contributed by atoms with Crippen LogP contribution in [0.3, 0.4) is 0 Å². The maximum Gasteiger partial charge on any atom is 0.291 e. The van der Waals surface area contributed by atoms with Crippen LogP contribution in [0, 0.1) is 12.7 Å². The van der Waals surface area contributed by atoms with Crippen LogP contribution < -0.4 is 5.32 Å². The maximum atomic E-state index is 13.7. The molecule has 1 aliphatic carbocycles. The van der Waals surface area contributed by atoms with Crippen LogP contribution >= 0.6 is 0 Å². The van der Waals surface area contributed by atoms with Gasteiger partial charge < -0.3 is 9.84 Å². The van der Waals surface area contributed by atoms with Crippen molar-refractivity contribution in [3.63, 3.8) is 0 Å². The van der Waals surface area contributed by atoms with Gasteiger partial charge in [-0.05, 0) is 37.5 Å². The van der Waals surface area contributed by atoms with Crippen LogP contribution in [-0.2, 0) is 5.54 Å². The lowest BCUT2D eigenvalue weighted by Gasteiger charge is -2.39. The van der Waals surface area contributed by atoms with Crippen LogP contribution in [0.4, 0.5) is 4.39 Å². The molecule has 0 aliphatic heterocycles. The minimum Gasteiger partial charge on any atom is -0.340 e. The molecule has 8 nitrogen and oxygen atoms in total. The third kappa shape index (κ3) is 3.17. The first-order chi connectivity index (χ1) is 13.4. The first kappa shape index (κ1) is 18.3. The second-order valence-electron chi connectivity index (χ2n) is 7.37. The molecule has 1 aliphatic rings. The third-order valence-electron chi connectivity index (χ3n) is 4.92. The number of benzene rings is 1. The fourth-order valence-electron chi connectivity index (χ4n) is 3.29. The lowest BCUT2D eigenvalue weighted by Crippen LogP contribution is -2.51. The van der Waals surface area contributed by atoms with Crippen molar-refractivity contribution < 1.29 is 13.7 Å². The highest BCUT2D eigenvalue weighted by Crippen LogP contribution is 2.40. The molecular formula is C19H21FN6O2. The summed E-state index contributed by atoms with van der Waals surface area (Å²) in [5, 5.41) is 11.3. The first-order valence-electron chi connectivity index (χ1n) is 9.24. The molecule has 4 rings (SSSR count). The van der Waals surface area contributed by atoms with E-state index in [1.54, 1.807) is 19.1 Å². The van der Waals surface area contributed by atoms with E-state index in [1.165, 1.54) is 16.8 Å². The Labute approximate surface area is 161 Å². The van der Waals surface area contributed by atoms with Crippen LogP contribution in [0.1, 0.15) is 67.2 Å². The van der Waals surface area contributed by atoms with Crippen LogP contribution in [0.2, 0.25) is 0 Å². The monoisotopic (exact) mass is 384 g/mol. The van der Waals surface area contributed by atoms with Gasteiger partial charge in [-0.1, -0.05) is 25.1 Å². The van der Waals surface area contributed by atoms with Crippen molar-refractivity contribution in [1.82, 2.24) is 30.2 Å². The number of aromatic nitrogens is 5. The number of nitrogens with zero attached hydrogens (tertiary/aromatic N) is 5. The molecule has 1 aromatic carbocycles. The van der Waals surface area contributed by atoms with Gasteiger partial charge in [0, 0.05) is 12.8 Å². The third-order valence-corrected chi connectivity index (χ3v) is 4.92. The van der Waals surface area contributed by atoms with E-state index in [1.807, 2.05) is 13.8 Å². The van der Waals surface area contributed by atoms with Crippen molar-refractivity contribution >= 4 is 5.91 Å². The smallest absolute Gasteiger partial charge is 0.291 e. The van der Waals surface area contributed by atoms with Gasteiger partial charge in [0.1, 0.15) is 17.2 Å². The minimum atomic E-state index is -0.656. The fraction of sp³-hybridized carbons (Fsp3) is 0.421. The van der Waals surface area contributed by atoms with Gasteiger partial charge in [-0.25, -0.2) is 14.1 Å². The summed E-state index contributed by atoms with van der Waals surface area (Å²) < 4.78 is 20.2. The normalized spacial score (nSPS) is 15.5. The van der Waals surface area contributed by atoms with Crippen molar-refractivity contribution in [2.24, 2.45) is 0 Å². The number of carbonyl (C=O) groups is 1. The lowest BCUT2D eigenvalue weighted by atomic mass is 9.76. The van der Waals surface area contributed by atoms with Gasteiger partial charge >= 0.3 is 0 Å². The van der Waals surface area contributed by atoms with Gasteiger partial charge in [0.05, 0.1) is 5.69 Å². The SMILES string of the molecule is Cc1nc(C2(NC(=O)c3nc(C(C)C)n(-c4cccc(F)c4)n3)CCC2)no1. The molecule has 2 heterocycles. The lowest BCUT2D eigenvalue weighted by molar-refractivity contribution is 0.0794. The second-order valence-corrected chi connectivity index (χ2v) is 7.37. The van der Waals surface area contributed by atoms with Gasteiger partial charge in [0.2, 0.25) is 11.7 Å². The van der Waals surface area contributed by atoms with E-state index in [4.69, 9.17) is 4.52 Å². The zero-order valence-electron chi connectivity index (χ0n) is 15.9. The second kappa shape index (κ2) is 6.81. The summed E-state index contributed by atoms with van der Waals surface area (Å²) in [6, 6.07) is 6.03. The highest BCUT2D eigenvalue weighted by molar-refractivity contribution is 5.91. The standard InChI is InChI=1S/C19H21FN6O2/c1-11(2)16-22-15(24-26(16)14-7-4-6-13(20)10-14)17(27)23-19(8-5-9-19)18-21-12(3)28-25-18/h4,6-7,10-11H,5,8-9H2,1-3H3,(H,23,27). The molecule has 146 valence electrons.